The van der Waals surface area contributed by atoms with E-state index in [-0.39, 0.29) is 25.5 Å². The van der Waals surface area contributed by atoms with Crippen molar-refractivity contribution < 1.29 is 37.1 Å². The normalized spacial score (nSPS) is 27.5. The molecule has 2 aromatic carbocycles. The first-order valence-corrected chi connectivity index (χ1v) is 22.8. The Hall–Kier alpha value is -5.51. The Balaban J connectivity index is 1.05. The third-order valence-electron chi connectivity index (χ3n) is 12.9. The second-order valence-corrected chi connectivity index (χ2v) is 19.5. The second kappa shape index (κ2) is 15.8. The highest BCUT2D eigenvalue weighted by atomic mass is 32.2. The fourth-order valence-corrected chi connectivity index (χ4v) is 10.2. The molecule has 4 fully saturated rings. The van der Waals surface area contributed by atoms with Crippen molar-refractivity contribution in [2.45, 2.75) is 125 Å². The van der Waals surface area contributed by atoms with E-state index < -0.39 is 68.2 Å². The van der Waals surface area contributed by atoms with Gasteiger partial charge in [0.25, 0.3) is 5.91 Å². The van der Waals surface area contributed by atoms with Crippen LogP contribution in [-0.4, -0.2) is 92.9 Å². The molecule has 0 spiro atoms. The Labute approximate surface area is 348 Å². The molecule has 1 saturated heterocycles. The van der Waals surface area contributed by atoms with Gasteiger partial charge in [-0.05, 0) is 83.3 Å². The number of aromatic nitrogens is 3. The summed E-state index contributed by atoms with van der Waals surface area (Å²) in [5.74, 6) is -1.97. The first-order valence-electron chi connectivity index (χ1n) is 21.3. The molecule has 0 unspecified atom stereocenters. The van der Waals surface area contributed by atoms with Crippen LogP contribution in [0.2, 0.25) is 0 Å². The number of amides is 4. The number of carbonyl (C=O) groups excluding carboxylic acids is 4. The van der Waals surface area contributed by atoms with Gasteiger partial charge in [0.2, 0.25) is 27.7 Å². The quantitative estimate of drug-likeness (QED) is 0.196. The SMILES string of the molecule is CC1(S(=O)(=O)NC(=O)[C@@]23C[C@H]2/C=C\CCCCC[C@H](NC(=O)OC2CCCC2)C(=O)N2C[C@H](Oc4cc(-c5ccccc5)nc5c6ccccc6nn45)C[C@H]2C(=O)N3)CC1. The molecular formula is C44H51N7O8S. The molecule has 316 valence electrons. The van der Waals surface area contributed by atoms with Crippen molar-refractivity contribution in [3.63, 3.8) is 0 Å². The second-order valence-electron chi connectivity index (χ2n) is 17.3. The summed E-state index contributed by atoms with van der Waals surface area (Å²) in [4.78, 5) is 63.1. The first-order chi connectivity index (χ1) is 28.9. The zero-order valence-corrected chi connectivity index (χ0v) is 34.5. The smallest absolute Gasteiger partial charge is 0.408 e. The van der Waals surface area contributed by atoms with E-state index in [0.29, 0.717) is 54.8 Å². The third-order valence-corrected chi connectivity index (χ3v) is 15.1. The monoisotopic (exact) mass is 837 g/mol. The van der Waals surface area contributed by atoms with E-state index >= 15 is 0 Å². The molecule has 16 heteroatoms. The van der Waals surface area contributed by atoms with Crippen LogP contribution in [-0.2, 0) is 29.1 Å². The number of sulfonamides is 1. The van der Waals surface area contributed by atoms with Crippen LogP contribution in [0.4, 0.5) is 4.79 Å². The van der Waals surface area contributed by atoms with Crippen LogP contribution >= 0.6 is 0 Å². The molecule has 3 aliphatic carbocycles. The molecule has 60 heavy (non-hydrogen) atoms. The summed E-state index contributed by atoms with van der Waals surface area (Å²) in [6.45, 7) is 1.58. The predicted molar refractivity (Wildman–Crippen MR) is 222 cm³/mol. The summed E-state index contributed by atoms with van der Waals surface area (Å²) >= 11 is 0. The fraction of sp³-hybridized carbons (Fsp3) is 0.500. The molecule has 4 aromatic rings. The van der Waals surface area contributed by atoms with Gasteiger partial charge < -0.3 is 25.0 Å². The number of carbonyl (C=O) groups is 4. The lowest BCUT2D eigenvalue weighted by Gasteiger charge is -2.30. The molecule has 0 bridgehead atoms. The zero-order chi connectivity index (χ0) is 41.6. The number of allylic oxidation sites excluding steroid dienone is 1. The largest absolute Gasteiger partial charge is 0.472 e. The minimum atomic E-state index is -4.00. The molecule has 3 N–H and O–H groups in total. The van der Waals surface area contributed by atoms with Crippen molar-refractivity contribution in [3.05, 3.63) is 72.8 Å². The predicted octanol–water partition coefficient (Wildman–Crippen LogP) is 5.33. The number of nitrogens with one attached hydrogen (secondary N) is 3. The van der Waals surface area contributed by atoms with Crippen LogP contribution in [0.1, 0.15) is 90.4 Å². The molecule has 4 amide bonds. The highest BCUT2D eigenvalue weighted by molar-refractivity contribution is 7.91. The lowest BCUT2D eigenvalue weighted by Crippen LogP contribution is -2.58. The van der Waals surface area contributed by atoms with E-state index in [1.165, 1.54) is 4.90 Å². The van der Waals surface area contributed by atoms with Gasteiger partial charge in [0.05, 0.1) is 22.5 Å². The Kier molecular flexibility index (Phi) is 10.5. The Morgan fingerprint density at radius 3 is 2.47 bits per heavy atom. The summed E-state index contributed by atoms with van der Waals surface area (Å²) in [6.07, 6.45) is 10.0. The number of ether oxygens (including phenoxy) is 2. The van der Waals surface area contributed by atoms with Gasteiger partial charge in [-0.25, -0.2) is 18.2 Å². The minimum Gasteiger partial charge on any atom is -0.472 e. The number of alkyl carbamates (subject to hydrolysis) is 1. The van der Waals surface area contributed by atoms with E-state index in [2.05, 4.69) is 15.4 Å². The first kappa shape index (κ1) is 39.9. The van der Waals surface area contributed by atoms with Crippen molar-refractivity contribution in [1.29, 1.82) is 0 Å². The van der Waals surface area contributed by atoms with Crippen molar-refractivity contribution in [1.82, 2.24) is 34.9 Å². The van der Waals surface area contributed by atoms with Crippen LogP contribution in [0.5, 0.6) is 5.88 Å². The molecule has 0 radical (unpaired) electrons. The lowest BCUT2D eigenvalue weighted by molar-refractivity contribution is -0.141. The standard InChI is InChI=1S/C44H51N7O8S/c1-43(22-23-43)60(56,57)49-41(54)44-26-29(44)16-8-3-2-4-9-21-34(46-42(55)59-30-17-10-11-18-30)40(53)50-27-31(24-36(50)39(52)47-44)58-37-25-35(28-14-6-5-7-15-28)45-38-32-19-12-13-20-33(32)48-51(37)38/h5-8,12-16,19-20,25,29-31,34,36H,2-4,9-11,17-18,21-24,26-27H2,1H3,(H,46,55)(H,47,52)(H,49,54)/b16-8-/t29-,31-,34+,36+,44-/m1/s1. The molecule has 9 rings (SSSR count). The van der Waals surface area contributed by atoms with Gasteiger partial charge in [-0.2, -0.15) is 9.61 Å². The van der Waals surface area contributed by atoms with Crippen molar-refractivity contribution in [3.8, 4) is 17.1 Å². The number of hydrogen-bond donors (Lipinski definition) is 3. The topological polar surface area (TPSA) is 190 Å². The fourth-order valence-electron chi connectivity index (χ4n) is 8.90. The average Bonchev–Trinajstić information content (AvgIpc) is 3.89. The highest BCUT2D eigenvalue weighted by Gasteiger charge is 2.63. The number of nitrogens with zero attached hydrogens (tertiary/aromatic N) is 4. The van der Waals surface area contributed by atoms with Gasteiger partial charge in [-0.3, -0.25) is 19.1 Å². The molecule has 15 nitrogen and oxygen atoms in total. The maximum atomic E-state index is 14.8. The van der Waals surface area contributed by atoms with Crippen molar-refractivity contribution >= 4 is 50.4 Å². The van der Waals surface area contributed by atoms with E-state index in [0.717, 1.165) is 49.5 Å². The van der Waals surface area contributed by atoms with E-state index in [9.17, 15) is 27.6 Å². The Bertz CT molecular complexity index is 2460. The Morgan fingerprint density at radius 1 is 0.933 bits per heavy atom. The molecule has 2 aromatic heterocycles. The van der Waals surface area contributed by atoms with Gasteiger partial charge >= 0.3 is 6.09 Å². The number of rotatable bonds is 8. The van der Waals surface area contributed by atoms with Crippen molar-refractivity contribution in [2.75, 3.05) is 6.54 Å². The summed E-state index contributed by atoms with van der Waals surface area (Å²) < 4.78 is 41.9. The van der Waals surface area contributed by atoms with E-state index in [4.69, 9.17) is 19.6 Å². The minimum absolute atomic E-state index is 0.0205. The maximum absolute atomic E-state index is 14.8. The van der Waals surface area contributed by atoms with Gasteiger partial charge in [0.15, 0.2) is 5.65 Å². The van der Waals surface area contributed by atoms with Gasteiger partial charge in [-0.1, -0.05) is 67.5 Å². The van der Waals surface area contributed by atoms with Crippen LogP contribution in [0.25, 0.3) is 27.8 Å². The van der Waals surface area contributed by atoms with Gasteiger partial charge in [-0.15, -0.1) is 0 Å². The van der Waals surface area contributed by atoms with E-state index in [1.807, 2.05) is 66.7 Å². The molecule has 2 aliphatic heterocycles. The van der Waals surface area contributed by atoms with Crippen LogP contribution < -0.4 is 20.1 Å². The Morgan fingerprint density at radius 2 is 1.68 bits per heavy atom. The summed E-state index contributed by atoms with van der Waals surface area (Å²) in [5, 5.41) is 11.4. The van der Waals surface area contributed by atoms with Crippen LogP contribution in [0.3, 0.4) is 0 Å². The molecule has 3 saturated carbocycles. The number of benzene rings is 2. The third kappa shape index (κ3) is 7.81. The molecule has 4 heterocycles. The average molecular weight is 838 g/mol. The van der Waals surface area contributed by atoms with Gasteiger partial charge in [0.1, 0.15) is 29.8 Å². The van der Waals surface area contributed by atoms with Crippen LogP contribution in [0.15, 0.2) is 72.8 Å². The highest BCUT2D eigenvalue weighted by Crippen LogP contribution is 2.47. The molecule has 5 atom stereocenters. The number of fused-ring (bicyclic) bond motifs is 5. The lowest BCUT2D eigenvalue weighted by atomic mass is 10.0. The summed E-state index contributed by atoms with van der Waals surface area (Å²) in [6, 6.07) is 17.0. The summed E-state index contributed by atoms with van der Waals surface area (Å²) in [5.41, 5.74) is 1.26. The maximum Gasteiger partial charge on any atom is 0.408 e. The van der Waals surface area contributed by atoms with Crippen LogP contribution in [0, 0.1) is 5.92 Å². The summed E-state index contributed by atoms with van der Waals surface area (Å²) in [7, 11) is -4.00. The molecular weight excluding hydrogens is 787 g/mol. The zero-order valence-electron chi connectivity index (χ0n) is 33.7. The van der Waals surface area contributed by atoms with Gasteiger partial charge in [0, 0.05) is 29.4 Å². The van der Waals surface area contributed by atoms with E-state index in [1.54, 1.807) is 17.5 Å². The molecule has 5 aliphatic rings. The van der Waals surface area contributed by atoms with Crippen molar-refractivity contribution in [2.24, 2.45) is 5.92 Å². The number of hydrogen-bond acceptors (Lipinski definition) is 10.